The van der Waals surface area contributed by atoms with Crippen molar-refractivity contribution in [2.75, 3.05) is 0 Å². The zero-order valence-corrected chi connectivity index (χ0v) is 27.7. The predicted octanol–water partition coefficient (Wildman–Crippen LogP) is 11.5. The Hall–Kier alpha value is -6.71. The van der Waals surface area contributed by atoms with Gasteiger partial charge in [0.1, 0.15) is 5.41 Å². The van der Waals surface area contributed by atoms with Crippen LogP contribution in [0.1, 0.15) is 22.5 Å². The lowest BCUT2D eigenvalue weighted by Gasteiger charge is -2.32. The molecular formula is C48H31N3. The van der Waals surface area contributed by atoms with Crippen LogP contribution < -0.4 is 0 Å². The second-order valence-corrected chi connectivity index (χ2v) is 13.1. The molecule has 0 unspecified atom stereocenters. The average molecular weight is 650 g/mol. The standard InChI is InChI=1S/C48H31N3/c1-3-15-32(16-4-1)33-27-29-36(30-28-33)48(43-25-13-11-23-40(43)41-24-12-14-26-44(41)48)47-50-45(34-17-5-2-6-18-34)49-46(51-47)42-31-35-19-7-8-20-37(35)38-21-9-10-22-39(38)42/h1-31H. The summed E-state index contributed by atoms with van der Waals surface area (Å²) in [5, 5.41) is 4.65. The van der Waals surface area contributed by atoms with Gasteiger partial charge in [-0.25, -0.2) is 15.0 Å². The lowest BCUT2D eigenvalue weighted by atomic mass is 9.71. The molecule has 0 saturated carbocycles. The quantitative estimate of drug-likeness (QED) is 0.174. The topological polar surface area (TPSA) is 38.7 Å². The molecule has 0 N–H and O–H groups in total. The molecule has 0 bridgehead atoms. The van der Waals surface area contributed by atoms with E-state index in [0.717, 1.165) is 44.2 Å². The van der Waals surface area contributed by atoms with Crippen molar-refractivity contribution in [2.45, 2.75) is 5.41 Å². The van der Waals surface area contributed by atoms with Crippen molar-refractivity contribution in [3.63, 3.8) is 0 Å². The van der Waals surface area contributed by atoms with Crippen molar-refractivity contribution in [3.8, 4) is 45.0 Å². The van der Waals surface area contributed by atoms with E-state index in [1.165, 1.54) is 27.5 Å². The van der Waals surface area contributed by atoms with Gasteiger partial charge in [-0.15, -0.1) is 0 Å². The smallest absolute Gasteiger partial charge is 0.164 e. The summed E-state index contributed by atoms with van der Waals surface area (Å²) in [6, 6.07) is 66.6. The Bertz CT molecular complexity index is 2690. The summed E-state index contributed by atoms with van der Waals surface area (Å²) >= 11 is 0. The van der Waals surface area contributed by atoms with Gasteiger partial charge in [0.05, 0.1) is 0 Å². The first-order valence-corrected chi connectivity index (χ1v) is 17.4. The molecule has 0 fully saturated rings. The first kappa shape index (κ1) is 29.2. The molecule has 3 heteroatoms. The van der Waals surface area contributed by atoms with E-state index in [1.54, 1.807) is 0 Å². The number of nitrogens with zero attached hydrogens (tertiary/aromatic N) is 3. The summed E-state index contributed by atoms with van der Waals surface area (Å²) in [4.78, 5) is 16.3. The average Bonchev–Trinajstić information content (AvgIpc) is 3.52. The lowest BCUT2D eigenvalue weighted by Crippen LogP contribution is -2.31. The normalized spacial score (nSPS) is 12.9. The second kappa shape index (κ2) is 11.7. The molecule has 51 heavy (non-hydrogen) atoms. The molecule has 1 aliphatic carbocycles. The lowest BCUT2D eigenvalue weighted by molar-refractivity contribution is 0.692. The molecule has 0 radical (unpaired) electrons. The fraction of sp³-hybridized carbons (Fsp3) is 0.0208. The third kappa shape index (κ3) is 4.56. The van der Waals surface area contributed by atoms with Crippen LogP contribution >= 0.6 is 0 Å². The van der Waals surface area contributed by atoms with Crippen molar-refractivity contribution in [1.82, 2.24) is 15.0 Å². The van der Waals surface area contributed by atoms with Crippen molar-refractivity contribution >= 4 is 21.5 Å². The molecule has 8 aromatic carbocycles. The fourth-order valence-corrected chi connectivity index (χ4v) is 8.08. The van der Waals surface area contributed by atoms with Crippen LogP contribution in [0.3, 0.4) is 0 Å². The molecule has 1 aromatic heterocycles. The van der Waals surface area contributed by atoms with Gasteiger partial charge in [-0.05, 0) is 66.6 Å². The summed E-state index contributed by atoms with van der Waals surface area (Å²) in [5.41, 5.74) is 9.31. The molecule has 3 nitrogen and oxygen atoms in total. The highest BCUT2D eigenvalue weighted by Crippen LogP contribution is 2.55. The van der Waals surface area contributed by atoms with Gasteiger partial charge in [-0.3, -0.25) is 0 Å². The van der Waals surface area contributed by atoms with Gasteiger partial charge in [-0.1, -0.05) is 182 Å². The molecule has 0 amide bonds. The number of fused-ring (bicyclic) bond motifs is 6. The number of rotatable bonds is 5. The number of hydrogen-bond donors (Lipinski definition) is 0. The largest absolute Gasteiger partial charge is 0.211 e. The molecule has 1 aliphatic rings. The van der Waals surface area contributed by atoms with Gasteiger partial charge < -0.3 is 0 Å². The van der Waals surface area contributed by atoms with Crippen LogP contribution in [-0.4, -0.2) is 15.0 Å². The van der Waals surface area contributed by atoms with E-state index in [9.17, 15) is 0 Å². The molecule has 238 valence electrons. The van der Waals surface area contributed by atoms with Crippen molar-refractivity contribution < 1.29 is 0 Å². The summed E-state index contributed by atoms with van der Waals surface area (Å²) in [7, 11) is 0. The Kier molecular flexibility index (Phi) is 6.71. The van der Waals surface area contributed by atoms with Gasteiger partial charge in [0.15, 0.2) is 17.5 Å². The number of benzene rings is 8. The van der Waals surface area contributed by atoms with E-state index in [-0.39, 0.29) is 0 Å². The Balaban J connectivity index is 1.31. The molecular weight excluding hydrogens is 619 g/mol. The Labute approximate surface area is 296 Å². The van der Waals surface area contributed by atoms with E-state index in [4.69, 9.17) is 15.0 Å². The SMILES string of the molecule is c1ccc(-c2ccc(C3(c4nc(-c5ccccc5)nc(-c5cc6ccccc6c6ccccc56)n4)c4ccccc4-c4ccccc43)cc2)cc1. The van der Waals surface area contributed by atoms with E-state index in [2.05, 4.69) is 170 Å². The minimum atomic E-state index is -0.795. The Morgan fingerprint density at radius 2 is 0.843 bits per heavy atom. The number of aromatic nitrogens is 3. The fourth-order valence-electron chi connectivity index (χ4n) is 8.08. The summed E-state index contributed by atoms with van der Waals surface area (Å²) in [6.07, 6.45) is 0. The van der Waals surface area contributed by atoms with Crippen molar-refractivity contribution in [1.29, 1.82) is 0 Å². The van der Waals surface area contributed by atoms with Crippen LogP contribution in [-0.2, 0) is 5.41 Å². The van der Waals surface area contributed by atoms with Crippen LogP contribution in [0.4, 0.5) is 0 Å². The summed E-state index contributed by atoms with van der Waals surface area (Å²) < 4.78 is 0. The van der Waals surface area contributed by atoms with E-state index in [1.807, 2.05) is 18.2 Å². The summed E-state index contributed by atoms with van der Waals surface area (Å²) in [6.45, 7) is 0. The summed E-state index contributed by atoms with van der Waals surface area (Å²) in [5.74, 6) is 2.01. The maximum absolute atomic E-state index is 5.57. The Morgan fingerprint density at radius 1 is 0.333 bits per heavy atom. The second-order valence-electron chi connectivity index (χ2n) is 13.1. The monoisotopic (exact) mass is 649 g/mol. The third-order valence-corrected chi connectivity index (χ3v) is 10.4. The van der Waals surface area contributed by atoms with Crippen molar-refractivity contribution in [3.05, 3.63) is 211 Å². The van der Waals surface area contributed by atoms with Crippen LogP contribution in [0.25, 0.3) is 66.6 Å². The Morgan fingerprint density at radius 3 is 1.53 bits per heavy atom. The first-order chi connectivity index (χ1) is 25.3. The van der Waals surface area contributed by atoms with Crippen LogP contribution in [0.5, 0.6) is 0 Å². The minimum absolute atomic E-state index is 0.648. The highest BCUT2D eigenvalue weighted by molar-refractivity contribution is 6.13. The van der Waals surface area contributed by atoms with Gasteiger partial charge >= 0.3 is 0 Å². The minimum Gasteiger partial charge on any atom is -0.211 e. The van der Waals surface area contributed by atoms with Gasteiger partial charge in [0, 0.05) is 11.1 Å². The molecule has 9 aromatic rings. The van der Waals surface area contributed by atoms with Crippen molar-refractivity contribution in [2.24, 2.45) is 0 Å². The van der Waals surface area contributed by atoms with E-state index >= 15 is 0 Å². The van der Waals surface area contributed by atoms with Crippen LogP contribution in [0.2, 0.25) is 0 Å². The molecule has 0 spiro atoms. The maximum Gasteiger partial charge on any atom is 0.164 e. The van der Waals surface area contributed by atoms with E-state index < -0.39 is 5.41 Å². The van der Waals surface area contributed by atoms with Crippen LogP contribution in [0, 0.1) is 0 Å². The molecule has 10 rings (SSSR count). The zero-order chi connectivity index (χ0) is 33.8. The third-order valence-electron chi connectivity index (χ3n) is 10.4. The molecule has 0 aliphatic heterocycles. The number of hydrogen-bond acceptors (Lipinski definition) is 3. The van der Waals surface area contributed by atoms with Crippen LogP contribution in [0.15, 0.2) is 188 Å². The van der Waals surface area contributed by atoms with Gasteiger partial charge in [-0.2, -0.15) is 0 Å². The maximum atomic E-state index is 5.57. The molecule has 1 heterocycles. The highest BCUT2D eigenvalue weighted by Gasteiger charge is 2.48. The highest BCUT2D eigenvalue weighted by atomic mass is 15.0. The zero-order valence-electron chi connectivity index (χ0n) is 27.7. The molecule has 0 saturated heterocycles. The van der Waals surface area contributed by atoms with E-state index in [0.29, 0.717) is 17.5 Å². The van der Waals surface area contributed by atoms with Gasteiger partial charge in [0.25, 0.3) is 0 Å². The van der Waals surface area contributed by atoms with Gasteiger partial charge in [0.2, 0.25) is 0 Å². The predicted molar refractivity (Wildman–Crippen MR) is 208 cm³/mol. The molecule has 0 atom stereocenters. The first-order valence-electron chi connectivity index (χ1n) is 17.4.